The Hall–Kier alpha value is -0.820. The molecular weight excluding hydrogens is 184 g/mol. The number of hydrogen-bond donors (Lipinski definition) is 0. The van der Waals surface area contributed by atoms with Gasteiger partial charge in [-0.2, -0.15) is 0 Å². The van der Waals surface area contributed by atoms with E-state index in [0.29, 0.717) is 6.10 Å². The lowest BCUT2D eigenvalue weighted by Crippen LogP contribution is -2.17. The van der Waals surface area contributed by atoms with Gasteiger partial charge in [0.15, 0.2) is 0 Å². The summed E-state index contributed by atoms with van der Waals surface area (Å²) in [6.07, 6.45) is 5.38. The van der Waals surface area contributed by atoms with Gasteiger partial charge < -0.3 is 4.74 Å². The van der Waals surface area contributed by atoms with Crippen LogP contribution in [-0.2, 0) is 11.2 Å². The second-order valence-electron chi connectivity index (χ2n) is 4.44. The summed E-state index contributed by atoms with van der Waals surface area (Å²) >= 11 is 0. The van der Waals surface area contributed by atoms with Gasteiger partial charge in [0.25, 0.3) is 0 Å². The fraction of sp³-hybridized carbons (Fsp3) is 0.571. The van der Waals surface area contributed by atoms with Crippen molar-refractivity contribution in [1.29, 1.82) is 0 Å². The normalized spacial score (nSPS) is 25.7. The summed E-state index contributed by atoms with van der Waals surface area (Å²) in [4.78, 5) is 0. The van der Waals surface area contributed by atoms with Crippen LogP contribution in [0.5, 0.6) is 0 Å². The molecule has 1 heterocycles. The van der Waals surface area contributed by atoms with E-state index in [-0.39, 0.29) is 0 Å². The van der Waals surface area contributed by atoms with Crippen molar-refractivity contribution in [3.8, 4) is 0 Å². The van der Waals surface area contributed by atoms with E-state index in [1.165, 1.54) is 31.2 Å². The summed E-state index contributed by atoms with van der Waals surface area (Å²) in [5.74, 6) is 0.743. The molecule has 0 aromatic heterocycles. The van der Waals surface area contributed by atoms with Gasteiger partial charge in [0, 0.05) is 6.61 Å². The first-order chi connectivity index (χ1) is 7.40. The van der Waals surface area contributed by atoms with Gasteiger partial charge in [0.2, 0.25) is 0 Å². The smallest absolute Gasteiger partial charge is 0.0607 e. The van der Waals surface area contributed by atoms with Gasteiger partial charge in [-0.25, -0.2) is 0 Å². The van der Waals surface area contributed by atoms with Gasteiger partial charge in [-0.3, -0.25) is 0 Å². The van der Waals surface area contributed by atoms with Crippen molar-refractivity contribution in [2.45, 2.75) is 38.7 Å². The Bertz CT molecular complexity index is 281. The molecule has 1 nitrogen and oxygen atoms in total. The highest BCUT2D eigenvalue weighted by Crippen LogP contribution is 2.27. The summed E-state index contributed by atoms with van der Waals surface area (Å²) in [5.41, 5.74) is 1.45. The maximum atomic E-state index is 5.78. The number of ether oxygens (including phenoxy) is 1. The van der Waals surface area contributed by atoms with Gasteiger partial charge >= 0.3 is 0 Å². The molecule has 1 aromatic carbocycles. The molecule has 0 bridgehead atoms. The van der Waals surface area contributed by atoms with Gasteiger partial charge in [-0.05, 0) is 30.7 Å². The molecule has 0 aliphatic carbocycles. The lowest BCUT2D eigenvalue weighted by Gasteiger charge is -2.17. The van der Waals surface area contributed by atoms with Gasteiger partial charge in [0.05, 0.1) is 6.10 Å². The van der Waals surface area contributed by atoms with Crippen molar-refractivity contribution < 1.29 is 4.74 Å². The van der Waals surface area contributed by atoms with E-state index in [0.717, 1.165) is 12.5 Å². The Labute approximate surface area is 92.5 Å². The first kappa shape index (κ1) is 10.7. The zero-order valence-electron chi connectivity index (χ0n) is 9.49. The van der Waals surface area contributed by atoms with E-state index in [1.807, 2.05) is 0 Å². The molecule has 82 valence electrons. The number of benzene rings is 1. The molecule has 0 spiro atoms. The summed E-state index contributed by atoms with van der Waals surface area (Å²) in [6.45, 7) is 3.20. The molecule has 2 rings (SSSR count). The third-order valence-corrected chi connectivity index (χ3v) is 3.26. The van der Waals surface area contributed by atoms with Crippen LogP contribution in [0.25, 0.3) is 0 Å². The third-order valence-electron chi connectivity index (χ3n) is 3.26. The number of rotatable bonds is 4. The van der Waals surface area contributed by atoms with E-state index in [4.69, 9.17) is 4.74 Å². The van der Waals surface area contributed by atoms with E-state index < -0.39 is 0 Å². The van der Waals surface area contributed by atoms with Crippen LogP contribution < -0.4 is 0 Å². The molecule has 1 unspecified atom stereocenters. The molecule has 0 amide bonds. The second kappa shape index (κ2) is 5.32. The molecule has 1 aromatic rings. The van der Waals surface area contributed by atoms with E-state index in [1.54, 1.807) is 0 Å². The van der Waals surface area contributed by atoms with E-state index in [9.17, 15) is 0 Å². The molecule has 1 heteroatoms. The predicted molar refractivity (Wildman–Crippen MR) is 62.9 cm³/mol. The quantitative estimate of drug-likeness (QED) is 0.730. The number of hydrogen-bond acceptors (Lipinski definition) is 1. The first-order valence-corrected chi connectivity index (χ1v) is 6.05. The minimum absolute atomic E-state index is 0.509. The van der Waals surface area contributed by atoms with Crippen molar-refractivity contribution in [2.24, 2.45) is 5.92 Å². The minimum atomic E-state index is 0.509. The van der Waals surface area contributed by atoms with Crippen LogP contribution >= 0.6 is 0 Å². The fourth-order valence-corrected chi connectivity index (χ4v) is 2.45. The highest BCUT2D eigenvalue weighted by molar-refractivity contribution is 5.15. The molecule has 0 saturated carbocycles. The van der Waals surface area contributed by atoms with Crippen LogP contribution in [-0.4, -0.2) is 12.7 Å². The molecule has 0 N–H and O–H groups in total. The van der Waals surface area contributed by atoms with Gasteiger partial charge in [-0.1, -0.05) is 43.7 Å². The summed E-state index contributed by atoms with van der Waals surface area (Å²) < 4.78 is 5.78. The van der Waals surface area contributed by atoms with Crippen LogP contribution in [0.1, 0.15) is 31.7 Å². The van der Waals surface area contributed by atoms with Crippen molar-refractivity contribution in [3.63, 3.8) is 0 Å². The van der Waals surface area contributed by atoms with Gasteiger partial charge in [-0.15, -0.1) is 0 Å². The Kier molecular flexibility index (Phi) is 3.79. The highest BCUT2D eigenvalue weighted by atomic mass is 16.5. The van der Waals surface area contributed by atoms with Crippen LogP contribution in [0.4, 0.5) is 0 Å². The van der Waals surface area contributed by atoms with Crippen molar-refractivity contribution >= 4 is 0 Å². The standard InChI is InChI=1S/C14H20O/c1-2-6-14-13(9-10-15-14)11-12-7-4-3-5-8-12/h3-5,7-8,13-14H,2,6,9-11H2,1H3/t13?,14-/m0/s1. The lowest BCUT2D eigenvalue weighted by molar-refractivity contribution is 0.0828. The van der Waals surface area contributed by atoms with Crippen molar-refractivity contribution in [3.05, 3.63) is 35.9 Å². The summed E-state index contributed by atoms with van der Waals surface area (Å²) in [5, 5.41) is 0. The monoisotopic (exact) mass is 204 g/mol. The fourth-order valence-electron chi connectivity index (χ4n) is 2.45. The van der Waals surface area contributed by atoms with Crippen molar-refractivity contribution in [1.82, 2.24) is 0 Å². The van der Waals surface area contributed by atoms with E-state index >= 15 is 0 Å². The zero-order valence-corrected chi connectivity index (χ0v) is 9.49. The molecule has 1 aliphatic heterocycles. The van der Waals surface area contributed by atoms with E-state index in [2.05, 4.69) is 37.3 Å². The molecular formula is C14H20O. The van der Waals surface area contributed by atoms with Crippen molar-refractivity contribution in [2.75, 3.05) is 6.61 Å². The van der Waals surface area contributed by atoms with Crippen LogP contribution in [0.15, 0.2) is 30.3 Å². The Balaban J connectivity index is 1.93. The summed E-state index contributed by atoms with van der Waals surface area (Å²) in [7, 11) is 0. The first-order valence-electron chi connectivity index (χ1n) is 6.05. The minimum Gasteiger partial charge on any atom is -0.378 e. The molecule has 1 saturated heterocycles. The summed E-state index contributed by atoms with van der Waals surface area (Å²) in [6, 6.07) is 10.8. The van der Waals surface area contributed by atoms with Crippen LogP contribution in [0.3, 0.4) is 0 Å². The maximum Gasteiger partial charge on any atom is 0.0607 e. The SMILES string of the molecule is CCC[C@@H]1OCCC1Cc1ccccc1. The third kappa shape index (κ3) is 2.82. The highest BCUT2D eigenvalue weighted by Gasteiger charge is 2.27. The molecule has 1 fully saturated rings. The van der Waals surface area contributed by atoms with Crippen LogP contribution in [0.2, 0.25) is 0 Å². The average Bonchev–Trinajstić information content (AvgIpc) is 2.68. The average molecular weight is 204 g/mol. The Morgan fingerprint density at radius 3 is 2.80 bits per heavy atom. The Morgan fingerprint density at radius 2 is 2.07 bits per heavy atom. The largest absolute Gasteiger partial charge is 0.378 e. The van der Waals surface area contributed by atoms with Crippen LogP contribution in [0, 0.1) is 5.92 Å². The topological polar surface area (TPSA) is 9.23 Å². The molecule has 15 heavy (non-hydrogen) atoms. The molecule has 2 atom stereocenters. The second-order valence-corrected chi connectivity index (χ2v) is 4.44. The molecule has 1 aliphatic rings. The lowest BCUT2D eigenvalue weighted by atomic mass is 9.91. The molecule has 0 radical (unpaired) electrons. The maximum absolute atomic E-state index is 5.78. The predicted octanol–water partition coefficient (Wildman–Crippen LogP) is 3.43. The van der Waals surface area contributed by atoms with Gasteiger partial charge in [0.1, 0.15) is 0 Å². The zero-order chi connectivity index (χ0) is 10.5. The Morgan fingerprint density at radius 1 is 1.27 bits per heavy atom.